The van der Waals surface area contributed by atoms with E-state index in [0.29, 0.717) is 0 Å². The van der Waals surface area contributed by atoms with Crippen molar-refractivity contribution in [3.05, 3.63) is 33.4 Å². The minimum atomic E-state index is -0.767. The first-order valence-corrected chi connectivity index (χ1v) is 3.90. The van der Waals surface area contributed by atoms with Gasteiger partial charge in [0.2, 0.25) is 0 Å². The van der Waals surface area contributed by atoms with Crippen LogP contribution in [0.3, 0.4) is 0 Å². The van der Waals surface area contributed by atoms with Gasteiger partial charge in [-0.3, -0.25) is 14.9 Å². The summed E-state index contributed by atoms with van der Waals surface area (Å²) < 4.78 is 0. The van der Waals surface area contributed by atoms with Crippen LogP contribution in [-0.4, -0.2) is 15.8 Å². The van der Waals surface area contributed by atoms with E-state index in [0.717, 1.165) is 19.1 Å². The number of nitrogens with zero attached hydrogens (tertiary/aromatic N) is 2. The highest BCUT2D eigenvalue weighted by atomic mass is 16.6. The molecule has 1 aromatic carbocycles. The van der Waals surface area contributed by atoms with Crippen molar-refractivity contribution in [1.82, 2.24) is 0 Å². The lowest BCUT2D eigenvalue weighted by atomic mass is 10.0. The molecule has 76 valence electrons. The Morgan fingerprint density at radius 1 is 1.60 bits per heavy atom. The van der Waals surface area contributed by atoms with E-state index in [4.69, 9.17) is 5.26 Å². The molecule has 6 heteroatoms. The van der Waals surface area contributed by atoms with Crippen LogP contribution >= 0.6 is 0 Å². The highest BCUT2D eigenvalue weighted by Gasteiger charge is 2.23. The van der Waals surface area contributed by atoms with Crippen molar-refractivity contribution in [3.63, 3.8) is 0 Å². The molecule has 0 aliphatic heterocycles. The SMILES string of the molecule is CC(=O)c1c([N+](=O)[O-])ccc(O)c1C#N. The van der Waals surface area contributed by atoms with Crippen molar-refractivity contribution < 1.29 is 14.8 Å². The number of Topliss-reactive ketones (excluding diaryl/α,β-unsaturated/α-hetero) is 1. The maximum atomic E-state index is 11.1. The van der Waals surface area contributed by atoms with E-state index in [-0.39, 0.29) is 11.1 Å². The molecule has 0 radical (unpaired) electrons. The fraction of sp³-hybridized carbons (Fsp3) is 0.111. The zero-order chi connectivity index (χ0) is 11.6. The average molecular weight is 206 g/mol. The molecule has 0 amide bonds. The maximum absolute atomic E-state index is 11.1. The van der Waals surface area contributed by atoms with Gasteiger partial charge in [0.15, 0.2) is 5.78 Å². The van der Waals surface area contributed by atoms with Gasteiger partial charge in [-0.15, -0.1) is 0 Å². The molecule has 0 heterocycles. The zero-order valence-corrected chi connectivity index (χ0v) is 7.72. The summed E-state index contributed by atoms with van der Waals surface area (Å²) in [6.07, 6.45) is 0. The lowest BCUT2D eigenvalue weighted by Crippen LogP contribution is -2.03. The number of hydrogen-bond donors (Lipinski definition) is 1. The molecule has 0 aliphatic rings. The molecule has 0 saturated carbocycles. The molecule has 0 aromatic heterocycles. The molecular weight excluding hydrogens is 200 g/mol. The van der Waals surface area contributed by atoms with Crippen LogP contribution in [-0.2, 0) is 0 Å². The second-order valence-electron chi connectivity index (χ2n) is 2.78. The van der Waals surface area contributed by atoms with E-state index >= 15 is 0 Å². The third-order valence-corrected chi connectivity index (χ3v) is 1.82. The van der Waals surface area contributed by atoms with Crippen molar-refractivity contribution in [2.75, 3.05) is 0 Å². The standard InChI is InChI=1S/C9H6N2O4/c1-5(12)9-6(4-10)8(13)3-2-7(9)11(14)15/h2-3,13H,1H3. The number of nitro benzene ring substituents is 1. The van der Waals surface area contributed by atoms with Gasteiger partial charge in [-0.2, -0.15) is 5.26 Å². The fourth-order valence-electron chi connectivity index (χ4n) is 1.20. The normalized spacial score (nSPS) is 9.33. The van der Waals surface area contributed by atoms with E-state index in [1.807, 2.05) is 0 Å². The second kappa shape index (κ2) is 3.75. The minimum Gasteiger partial charge on any atom is -0.507 e. The van der Waals surface area contributed by atoms with Crippen LogP contribution < -0.4 is 0 Å². The number of nitriles is 1. The fourth-order valence-corrected chi connectivity index (χ4v) is 1.20. The first-order chi connectivity index (χ1) is 6.99. The number of carbonyl (C=O) groups is 1. The molecule has 1 rings (SSSR count). The number of hydrogen-bond acceptors (Lipinski definition) is 5. The molecule has 15 heavy (non-hydrogen) atoms. The van der Waals surface area contributed by atoms with Crippen molar-refractivity contribution in [2.24, 2.45) is 0 Å². The van der Waals surface area contributed by atoms with Gasteiger partial charge in [-0.1, -0.05) is 0 Å². The van der Waals surface area contributed by atoms with Gasteiger partial charge in [0.05, 0.1) is 4.92 Å². The molecule has 0 saturated heterocycles. The zero-order valence-electron chi connectivity index (χ0n) is 7.72. The molecule has 0 fully saturated rings. The third kappa shape index (κ3) is 1.76. The summed E-state index contributed by atoms with van der Waals surface area (Å²) in [5.41, 5.74) is -1.20. The van der Waals surface area contributed by atoms with Gasteiger partial charge < -0.3 is 5.11 Å². The summed E-state index contributed by atoms with van der Waals surface area (Å²) in [5.74, 6) is -1.07. The van der Waals surface area contributed by atoms with Gasteiger partial charge in [0.25, 0.3) is 5.69 Å². The van der Waals surface area contributed by atoms with Gasteiger partial charge in [0, 0.05) is 6.07 Å². The van der Waals surface area contributed by atoms with Crippen LogP contribution in [0.2, 0.25) is 0 Å². The smallest absolute Gasteiger partial charge is 0.281 e. The molecule has 0 spiro atoms. The molecule has 1 N–H and O–H groups in total. The predicted octanol–water partition coefficient (Wildman–Crippen LogP) is 1.37. The topological polar surface area (TPSA) is 104 Å². The van der Waals surface area contributed by atoms with Crippen molar-refractivity contribution in [2.45, 2.75) is 6.92 Å². The number of benzene rings is 1. The van der Waals surface area contributed by atoms with Crippen molar-refractivity contribution in [1.29, 1.82) is 5.26 Å². The number of phenolic OH excluding ortho intramolecular Hbond substituents is 1. The Bertz CT molecular complexity index is 488. The second-order valence-corrected chi connectivity index (χ2v) is 2.78. The molecule has 0 atom stereocenters. The van der Waals surface area contributed by atoms with Gasteiger partial charge in [0.1, 0.15) is 22.9 Å². The Balaban J connectivity index is 3.66. The summed E-state index contributed by atoms with van der Waals surface area (Å²) in [6, 6.07) is 3.58. The van der Waals surface area contributed by atoms with Crippen LogP contribution in [0.15, 0.2) is 12.1 Å². The number of aromatic hydroxyl groups is 1. The first-order valence-electron chi connectivity index (χ1n) is 3.90. The Labute approximate surface area is 84.5 Å². The molecule has 0 aliphatic carbocycles. The average Bonchev–Trinajstić information content (AvgIpc) is 2.16. The third-order valence-electron chi connectivity index (χ3n) is 1.82. The van der Waals surface area contributed by atoms with Crippen LogP contribution in [0.1, 0.15) is 22.8 Å². The molecular formula is C9H6N2O4. The summed E-state index contributed by atoms with van der Waals surface area (Å²) >= 11 is 0. The summed E-state index contributed by atoms with van der Waals surface area (Å²) in [6.45, 7) is 1.10. The monoisotopic (exact) mass is 206 g/mol. The van der Waals surface area contributed by atoms with Gasteiger partial charge in [-0.25, -0.2) is 0 Å². The Hall–Kier alpha value is -2.42. The lowest BCUT2D eigenvalue weighted by molar-refractivity contribution is -0.385. The van der Waals surface area contributed by atoms with Gasteiger partial charge in [-0.05, 0) is 13.0 Å². The van der Waals surface area contributed by atoms with Crippen LogP contribution in [0.4, 0.5) is 5.69 Å². The van der Waals surface area contributed by atoms with E-state index < -0.39 is 22.1 Å². The minimum absolute atomic E-state index is 0.359. The van der Waals surface area contributed by atoms with E-state index in [2.05, 4.69) is 0 Å². The maximum Gasteiger partial charge on any atom is 0.281 e. The van der Waals surface area contributed by atoms with Crippen LogP contribution in [0, 0.1) is 21.4 Å². The van der Waals surface area contributed by atoms with Gasteiger partial charge >= 0.3 is 0 Å². The van der Waals surface area contributed by atoms with E-state index in [9.17, 15) is 20.0 Å². The Morgan fingerprint density at radius 3 is 2.60 bits per heavy atom. The largest absolute Gasteiger partial charge is 0.507 e. The Morgan fingerprint density at radius 2 is 2.20 bits per heavy atom. The number of ketones is 1. The number of nitro groups is 1. The lowest BCUT2D eigenvalue weighted by Gasteiger charge is -2.02. The van der Waals surface area contributed by atoms with Crippen molar-refractivity contribution >= 4 is 11.5 Å². The predicted molar refractivity (Wildman–Crippen MR) is 49.5 cm³/mol. The van der Waals surface area contributed by atoms with E-state index in [1.54, 1.807) is 6.07 Å². The quantitative estimate of drug-likeness (QED) is 0.447. The summed E-state index contributed by atoms with van der Waals surface area (Å²) in [4.78, 5) is 20.9. The Kier molecular flexibility index (Phi) is 2.67. The summed E-state index contributed by atoms with van der Waals surface area (Å²) in [5, 5.41) is 28.5. The highest BCUT2D eigenvalue weighted by Crippen LogP contribution is 2.29. The molecule has 1 aromatic rings. The first kappa shape index (κ1) is 10.7. The van der Waals surface area contributed by atoms with Crippen LogP contribution in [0.25, 0.3) is 0 Å². The highest BCUT2D eigenvalue weighted by molar-refractivity contribution is 6.01. The number of phenols is 1. The summed E-state index contributed by atoms with van der Waals surface area (Å²) in [7, 11) is 0. The van der Waals surface area contributed by atoms with Crippen molar-refractivity contribution in [3.8, 4) is 11.8 Å². The molecule has 0 bridgehead atoms. The number of carbonyl (C=O) groups excluding carboxylic acids is 1. The molecule has 6 nitrogen and oxygen atoms in total. The van der Waals surface area contributed by atoms with E-state index in [1.165, 1.54) is 0 Å². The molecule has 0 unspecified atom stereocenters. The van der Waals surface area contributed by atoms with Crippen LogP contribution in [0.5, 0.6) is 5.75 Å². The number of rotatable bonds is 2.